The molecule has 1 aliphatic rings. The second-order valence-corrected chi connectivity index (χ2v) is 5.20. The van der Waals surface area contributed by atoms with Crippen molar-refractivity contribution in [2.75, 3.05) is 6.54 Å². The SMILES string of the molecule is CCCCC1CNCc2c(O)c(=O)cc(C)n2C1. The van der Waals surface area contributed by atoms with Crippen molar-refractivity contribution in [2.45, 2.75) is 46.2 Å². The smallest absolute Gasteiger partial charge is 0.223 e. The Balaban J connectivity index is 2.31. The van der Waals surface area contributed by atoms with Crippen LogP contribution in [0.4, 0.5) is 0 Å². The number of aromatic hydroxyl groups is 1. The number of aryl methyl sites for hydroxylation is 1. The average Bonchev–Trinajstić information content (AvgIpc) is 2.56. The maximum absolute atomic E-state index is 11.6. The van der Waals surface area contributed by atoms with Gasteiger partial charge in [0.2, 0.25) is 5.43 Å². The molecule has 4 heteroatoms. The number of hydrogen-bond acceptors (Lipinski definition) is 3. The van der Waals surface area contributed by atoms with Gasteiger partial charge < -0.3 is 15.0 Å². The highest BCUT2D eigenvalue weighted by Crippen LogP contribution is 2.21. The van der Waals surface area contributed by atoms with E-state index in [2.05, 4.69) is 16.8 Å². The molecule has 0 saturated carbocycles. The number of nitrogens with one attached hydrogen (secondary N) is 1. The zero-order valence-electron chi connectivity index (χ0n) is 11.2. The van der Waals surface area contributed by atoms with E-state index in [1.165, 1.54) is 25.3 Å². The number of pyridine rings is 1. The molecule has 2 heterocycles. The van der Waals surface area contributed by atoms with Crippen molar-refractivity contribution in [3.63, 3.8) is 0 Å². The van der Waals surface area contributed by atoms with E-state index in [4.69, 9.17) is 0 Å². The first-order valence-electron chi connectivity index (χ1n) is 6.76. The first kappa shape index (κ1) is 13.1. The van der Waals surface area contributed by atoms with Crippen LogP contribution in [-0.2, 0) is 13.1 Å². The molecule has 0 amide bonds. The molecule has 100 valence electrons. The van der Waals surface area contributed by atoms with Crippen LogP contribution in [0.2, 0.25) is 0 Å². The van der Waals surface area contributed by atoms with E-state index < -0.39 is 0 Å². The summed E-state index contributed by atoms with van der Waals surface area (Å²) in [5.74, 6) is 0.482. The van der Waals surface area contributed by atoms with Gasteiger partial charge in [-0.25, -0.2) is 0 Å². The summed E-state index contributed by atoms with van der Waals surface area (Å²) >= 11 is 0. The molecule has 1 atom stereocenters. The largest absolute Gasteiger partial charge is 0.503 e. The molecular weight excluding hydrogens is 228 g/mol. The van der Waals surface area contributed by atoms with Crippen molar-refractivity contribution in [1.29, 1.82) is 0 Å². The summed E-state index contributed by atoms with van der Waals surface area (Å²) in [4.78, 5) is 11.6. The molecule has 1 aromatic rings. The molecule has 2 rings (SSSR count). The predicted molar refractivity (Wildman–Crippen MR) is 71.8 cm³/mol. The lowest BCUT2D eigenvalue weighted by molar-refractivity contribution is 0.394. The highest BCUT2D eigenvalue weighted by Gasteiger charge is 2.20. The number of unbranched alkanes of at least 4 members (excludes halogenated alkanes) is 1. The maximum Gasteiger partial charge on any atom is 0.223 e. The topological polar surface area (TPSA) is 54.3 Å². The van der Waals surface area contributed by atoms with Crippen LogP contribution in [0, 0.1) is 12.8 Å². The molecule has 0 fully saturated rings. The van der Waals surface area contributed by atoms with Crippen LogP contribution >= 0.6 is 0 Å². The van der Waals surface area contributed by atoms with Gasteiger partial charge in [0.05, 0.1) is 5.69 Å². The van der Waals surface area contributed by atoms with Crippen LogP contribution in [0.15, 0.2) is 10.9 Å². The number of nitrogens with zero attached hydrogens (tertiary/aromatic N) is 1. The van der Waals surface area contributed by atoms with Gasteiger partial charge in [-0.15, -0.1) is 0 Å². The Morgan fingerprint density at radius 2 is 2.33 bits per heavy atom. The fourth-order valence-corrected chi connectivity index (χ4v) is 2.66. The van der Waals surface area contributed by atoms with Crippen LogP contribution in [0.25, 0.3) is 0 Å². The minimum Gasteiger partial charge on any atom is -0.503 e. The molecule has 0 radical (unpaired) electrons. The van der Waals surface area contributed by atoms with Crippen LogP contribution in [-0.4, -0.2) is 16.2 Å². The van der Waals surface area contributed by atoms with Crippen molar-refractivity contribution in [3.8, 4) is 5.75 Å². The lowest BCUT2D eigenvalue weighted by atomic mass is 10.0. The number of hydrogen-bond donors (Lipinski definition) is 2. The molecule has 0 aromatic carbocycles. The third kappa shape index (κ3) is 2.58. The number of aromatic nitrogens is 1. The Bertz CT molecular complexity index is 479. The van der Waals surface area contributed by atoms with Gasteiger partial charge in [-0.3, -0.25) is 4.79 Å². The van der Waals surface area contributed by atoms with Gasteiger partial charge in [-0.05, 0) is 19.3 Å². The van der Waals surface area contributed by atoms with Crippen LogP contribution in [0.3, 0.4) is 0 Å². The second-order valence-electron chi connectivity index (χ2n) is 5.20. The third-order valence-electron chi connectivity index (χ3n) is 3.73. The fourth-order valence-electron chi connectivity index (χ4n) is 2.66. The lowest BCUT2D eigenvalue weighted by Crippen LogP contribution is -2.21. The molecule has 0 aliphatic carbocycles. The molecule has 0 bridgehead atoms. The van der Waals surface area contributed by atoms with E-state index in [-0.39, 0.29) is 11.2 Å². The standard InChI is InChI=1S/C14H22N2O2/c1-3-4-5-11-7-15-8-12-14(18)13(17)6-10(2)16(12)9-11/h6,11,15,18H,3-5,7-9H2,1-2H3. The third-order valence-corrected chi connectivity index (χ3v) is 3.73. The van der Waals surface area contributed by atoms with E-state index in [1.54, 1.807) is 0 Å². The van der Waals surface area contributed by atoms with Gasteiger partial charge in [0, 0.05) is 31.4 Å². The van der Waals surface area contributed by atoms with Crippen molar-refractivity contribution >= 4 is 0 Å². The van der Waals surface area contributed by atoms with E-state index >= 15 is 0 Å². The summed E-state index contributed by atoms with van der Waals surface area (Å²) in [6, 6.07) is 1.53. The van der Waals surface area contributed by atoms with Crippen molar-refractivity contribution in [2.24, 2.45) is 5.92 Å². The first-order chi connectivity index (χ1) is 8.63. The minimum absolute atomic E-state index is 0.0933. The molecule has 0 saturated heterocycles. The zero-order chi connectivity index (χ0) is 13.1. The summed E-state index contributed by atoms with van der Waals surface area (Å²) in [5.41, 5.74) is 1.41. The van der Waals surface area contributed by atoms with Crippen LogP contribution in [0.5, 0.6) is 5.75 Å². The van der Waals surface area contributed by atoms with Gasteiger partial charge in [-0.2, -0.15) is 0 Å². The molecular formula is C14H22N2O2. The number of fused-ring (bicyclic) bond motifs is 1. The fraction of sp³-hybridized carbons (Fsp3) is 0.643. The lowest BCUT2D eigenvalue weighted by Gasteiger charge is -2.19. The summed E-state index contributed by atoms with van der Waals surface area (Å²) < 4.78 is 2.09. The summed E-state index contributed by atoms with van der Waals surface area (Å²) in [7, 11) is 0. The normalized spacial score (nSPS) is 19.3. The summed E-state index contributed by atoms with van der Waals surface area (Å²) in [6.07, 6.45) is 3.62. The molecule has 1 aromatic heterocycles. The van der Waals surface area contributed by atoms with Gasteiger partial charge >= 0.3 is 0 Å². The van der Waals surface area contributed by atoms with E-state index in [1.807, 2.05) is 6.92 Å². The molecule has 1 aliphatic heterocycles. The predicted octanol–water partition coefficient (Wildman–Crippen LogP) is 1.77. The zero-order valence-corrected chi connectivity index (χ0v) is 11.2. The first-order valence-corrected chi connectivity index (χ1v) is 6.76. The van der Waals surface area contributed by atoms with Crippen molar-refractivity contribution in [3.05, 3.63) is 27.7 Å². The monoisotopic (exact) mass is 250 g/mol. The van der Waals surface area contributed by atoms with Gasteiger partial charge in [0.15, 0.2) is 5.75 Å². The van der Waals surface area contributed by atoms with Crippen LogP contribution in [0.1, 0.15) is 37.6 Å². The molecule has 1 unspecified atom stereocenters. The Morgan fingerprint density at radius 3 is 3.06 bits per heavy atom. The van der Waals surface area contributed by atoms with Gasteiger partial charge in [-0.1, -0.05) is 19.8 Å². The Hall–Kier alpha value is -1.29. The summed E-state index contributed by atoms with van der Waals surface area (Å²) in [6.45, 7) is 6.56. The Labute approximate surface area is 108 Å². The minimum atomic E-state index is -0.271. The highest BCUT2D eigenvalue weighted by molar-refractivity contribution is 5.30. The van der Waals surface area contributed by atoms with E-state index in [9.17, 15) is 9.90 Å². The highest BCUT2D eigenvalue weighted by atomic mass is 16.3. The molecule has 4 nitrogen and oxygen atoms in total. The number of rotatable bonds is 3. The average molecular weight is 250 g/mol. The van der Waals surface area contributed by atoms with Crippen molar-refractivity contribution < 1.29 is 5.11 Å². The Kier molecular flexibility index (Phi) is 4.07. The van der Waals surface area contributed by atoms with Crippen LogP contribution < -0.4 is 10.7 Å². The summed E-state index contributed by atoms with van der Waals surface area (Å²) in [5, 5.41) is 13.2. The maximum atomic E-state index is 11.6. The van der Waals surface area contributed by atoms with E-state index in [0.29, 0.717) is 12.5 Å². The molecule has 18 heavy (non-hydrogen) atoms. The quantitative estimate of drug-likeness (QED) is 0.859. The van der Waals surface area contributed by atoms with E-state index in [0.717, 1.165) is 24.5 Å². The van der Waals surface area contributed by atoms with Gasteiger partial charge in [0.1, 0.15) is 0 Å². The van der Waals surface area contributed by atoms with Gasteiger partial charge in [0.25, 0.3) is 0 Å². The van der Waals surface area contributed by atoms with Crippen molar-refractivity contribution in [1.82, 2.24) is 9.88 Å². The second kappa shape index (κ2) is 5.57. The molecule has 2 N–H and O–H groups in total. The molecule has 0 spiro atoms. The Morgan fingerprint density at radius 1 is 1.56 bits per heavy atom.